The molecule has 1 aromatic heterocycles. The minimum absolute atomic E-state index is 0.360. The minimum Gasteiger partial charge on any atom is -0.465 e. The molecular weight excluding hydrogens is 286 g/mol. The lowest BCUT2D eigenvalue weighted by Crippen LogP contribution is -2.31. The van der Waals surface area contributed by atoms with Crippen LogP contribution >= 0.6 is 0 Å². The van der Waals surface area contributed by atoms with Gasteiger partial charge in [-0.1, -0.05) is 0 Å². The molecule has 2 aromatic rings. The third-order valence-corrected chi connectivity index (χ3v) is 3.07. The number of rotatable bonds is 6. The van der Waals surface area contributed by atoms with Crippen molar-refractivity contribution in [1.29, 1.82) is 0 Å². The van der Waals surface area contributed by atoms with E-state index in [1.165, 1.54) is 7.11 Å². The van der Waals surface area contributed by atoms with E-state index in [4.69, 9.17) is 9.47 Å². The number of H-pyrrole nitrogens is 1. The molecule has 3 N–H and O–H groups in total. The van der Waals surface area contributed by atoms with Crippen molar-refractivity contribution in [2.75, 3.05) is 32.2 Å². The number of fused-ring (bicyclic) bond motifs is 1. The van der Waals surface area contributed by atoms with Crippen molar-refractivity contribution in [2.24, 2.45) is 0 Å². The lowest BCUT2D eigenvalue weighted by Gasteiger charge is -2.09. The second kappa shape index (κ2) is 7.46. The molecule has 22 heavy (non-hydrogen) atoms. The maximum atomic E-state index is 11.8. The molecule has 0 fully saturated rings. The number of hydrogen-bond acceptors (Lipinski definition) is 4. The zero-order valence-corrected chi connectivity index (χ0v) is 12.6. The highest BCUT2D eigenvalue weighted by atomic mass is 16.5. The lowest BCUT2D eigenvalue weighted by atomic mass is 10.1. The number of ether oxygens (including phenoxy) is 2. The van der Waals surface area contributed by atoms with E-state index in [9.17, 15) is 9.59 Å². The van der Waals surface area contributed by atoms with Crippen LogP contribution in [0.3, 0.4) is 0 Å². The molecule has 0 spiro atoms. The number of methoxy groups -OCH3 is 1. The Bertz CT molecular complexity index is 666. The molecule has 2 rings (SSSR count). The normalized spacial score (nSPS) is 10.5. The highest BCUT2D eigenvalue weighted by Crippen LogP contribution is 2.23. The minimum atomic E-state index is -0.454. The molecule has 0 atom stereocenters. The van der Waals surface area contributed by atoms with E-state index in [2.05, 4.69) is 15.6 Å². The van der Waals surface area contributed by atoms with E-state index in [0.717, 1.165) is 10.9 Å². The molecule has 0 aliphatic carbocycles. The Kier molecular flexibility index (Phi) is 5.37. The van der Waals surface area contributed by atoms with E-state index < -0.39 is 5.97 Å². The predicted octanol–water partition coefficient (Wildman–Crippen LogP) is 2.11. The number of urea groups is 1. The molecule has 0 aliphatic rings. The van der Waals surface area contributed by atoms with Crippen LogP contribution in [0.15, 0.2) is 24.4 Å². The Morgan fingerprint density at radius 3 is 2.86 bits per heavy atom. The highest BCUT2D eigenvalue weighted by Gasteiger charge is 2.14. The summed E-state index contributed by atoms with van der Waals surface area (Å²) in [5.41, 5.74) is 1.64. The van der Waals surface area contributed by atoms with Gasteiger partial charge in [0.25, 0.3) is 0 Å². The number of aromatic nitrogens is 1. The Balaban J connectivity index is 2.11. The molecule has 0 radical (unpaired) electrons. The van der Waals surface area contributed by atoms with Crippen LogP contribution in [0.4, 0.5) is 10.5 Å². The molecule has 0 unspecified atom stereocenters. The fourth-order valence-corrected chi connectivity index (χ4v) is 2.07. The largest absolute Gasteiger partial charge is 0.465 e. The SMILES string of the molecule is CCOCCNC(=O)Nc1cc(C(=O)OC)c2cc[nH]c2c1. The number of amides is 2. The molecule has 0 aliphatic heterocycles. The van der Waals surface area contributed by atoms with Crippen molar-refractivity contribution in [2.45, 2.75) is 6.92 Å². The number of carbonyl (C=O) groups excluding carboxylic acids is 2. The van der Waals surface area contributed by atoms with Gasteiger partial charge in [-0.3, -0.25) is 0 Å². The molecule has 1 heterocycles. The van der Waals surface area contributed by atoms with E-state index in [-0.39, 0.29) is 6.03 Å². The van der Waals surface area contributed by atoms with Gasteiger partial charge in [-0.2, -0.15) is 0 Å². The summed E-state index contributed by atoms with van der Waals surface area (Å²) >= 11 is 0. The summed E-state index contributed by atoms with van der Waals surface area (Å²) in [6.45, 7) is 3.36. The summed E-state index contributed by atoms with van der Waals surface area (Å²) in [6.07, 6.45) is 1.73. The molecule has 0 saturated carbocycles. The Labute approximate surface area is 128 Å². The van der Waals surface area contributed by atoms with Gasteiger partial charge in [-0.05, 0) is 25.1 Å². The van der Waals surface area contributed by atoms with E-state index in [1.807, 2.05) is 6.92 Å². The summed E-state index contributed by atoms with van der Waals surface area (Å²) < 4.78 is 9.91. The Morgan fingerprint density at radius 1 is 1.32 bits per heavy atom. The lowest BCUT2D eigenvalue weighted by molar-refractivity contribution is 0.0603. The fraction of sp³-hybridized carbons (Fsp3) is 0.333. The van der Waals surface area contributed by atoms with E-state index >= 15 is 0 Å². The van der Waals surface area contributed by atoms with E-state index in [1.54, 1.807) is 24.4 Å². The molecule has 118 valence electrons. The molecule has 7 heteroatoms. The number of esters is 1. The van der Waals surface area contributed by atoms with Crippen LogP contribution < -0.4 is 10.6 Å². The van der Waals surface area contributed by atoms with Crippen LogP contribution in [-0.2, 0) is 9.47 Å². The number of anilines is 1. The quantitative estimate of drug-likeness (QED) is 0.563. The number of hydrogen-bond donors (Lipinski definition) is 3. The van der Waals surface area contributed by atoms with Crippen molar-refractivity contribution in [1.82, 2.24) is 10.3 Å². The fourth-order valence-electron chi connectivity index (χ4n) is 2.07. The second-order valence-corrected chi connectivity index (χ2v) is 4.53. The van der Waals surface area contributed by atoms with Gasteiger partial charge in [-0.25, -0.2) is 9.59 Å². The first-order chi connectivity index (χ1) is 10.7. The summed E-state index contributed by atoms with van der Waals surface area (Å²) in [5.74, 6) is -0.454. The molecule has 0 saturated heterocycles. The van der Waals surface area contributed by atoms with Crippen LogP contribution in [0.25, 0.3) is 10.9 Å². The van der Waals surface area contributed by atoms with Crippen LogP contribution in [0.5, 0.6) is 0 Å². The number of benzene rings is 1. The van der Waals surface area contributed by atoms with Crippen LogP contribution in [0.1, 0.15) is 17.3 Å². The first kappa shape index (κ1) is 15.8. The Morgan fingerprint density at radius 2 is 2.14 bits per heavy atom. The number of nitrogens with one attached hydrogen (secondary N) is 3. The summed E-state index contributed by atoms with van der Waals surface area (Å²) in [6, 6.07) is 4.77. The molecule has 0 bridgehead atoms. The maximum absolute atomic E-state index is 11.8. The monoisotopic (exact) mass is 305 g/mol. The molecular formula is C15H19N3O4. The van der Waals surface area contributed by atoms with Gasteiger partial charge < -0.3 is 25.1 Å². The summed E-state index contributed by atoms with van der Waals surface area (Å²) in [5, 5.41) is 6.10. The van der Waals surface area contributed by atoms with Gasteiger partial charge in [0, 0.05) is 35.9 Å². The van der Waals surface area contributed by atoms with Crippen LogP contribution in [0, 0.1) is 0 Å². The van der Waals surface area contributed by atoms with Crippen LogP contribution in [-0.4, -0.2) is 43.9 Å². The van der Waals surface area contributed by atoms with Gasteiger partial charge >= 0.3 is 12.0 Å². The zero-order valence-electron chi connectivity index (χ0n) is 12.6. The average molecular weight is 305 g/mol. The third kappa shape index (κ3) is 3.76. The molecule has 2 amide bonds. The standard InChI is InChI=1S/C15H19N3O4/c1-3-22-7-6-17-15(20)18-10-8-12(14(19)21-2)11-4-5-16-13(11)9-10/h4-5,8-9,16H,3,6-7H2,1-2H3,(H2,17,18,20). The van der Waals surface area contributed by atoms with Gasteiger partial charge in [0.15, 0.2) is 0 Å². The number of aromatic amines is 1. The highest BCUT2D eigenvalue weighted by molar-refractivity contribution is 6.06. The Hall–Kier alpha value is -2.54. The third-order valence-electron chi connectivity index (χ3n) is 3.07. The smallest absolute Gasteiger partial charge is 0.338 e. The predicted molar refractivity (Wildman–Crippen MR) is 83.2 cm³/mol. The zero-order chi connectivity index (χ0) is 15.9. The van der Waals surface area contributed by atoms with Crippen molar-refractivity contribution in [3.05, 3.63) is 30.0 Å². The van der Waals surface area contributed by atoms with Crippen LogP contribution in [0.2, 0.25) is 0 Å². The maximum Gasteiger partial charge on any atom is 0.338 e. The van der Waals surface area contributed by atoms with Crippen molar-refractivity contribution < 1.29 is 19.1 Å². The van der Waals surface area contributed by atoms with Gasteiger partial charge in [0.1, 0.15) is 0 Å². The van der Waals surface area contributed by atoms with Crippen molar-refractivity contribution in [3.8, 4) is 0 Å². The molecule has 7 nitrogen and oxygen atoms in total. The van der Waals surface area contributed by atoms with E-state index in [0.29, 0.717) is 31.0 Å². The van der Waals surface area contributed by atoms with Gasteiger partial charge in [0.2, 0.25) is 0 Å². The molecule has 1 aromatic carbocycles. The number of carbonyl (C=O) groups is 2. The topological polar surface area (TPSA) is 92.5 Å². The summed E-state index contributed by atoms with van der Waals surface area (Å²) in [7, 11) is 1.32. The average Bonchev–Trinajstić information content (AvgIpc) is 2.98. The van der Waals surface area contributed by atoms with Gasteiger partial charge in [-0.15, -0.1) is 0 Å². The van der Waals surface area contributed by atoms with Crippen molar-refractivity contribution in [3.63, 3.8) is 0 Å². The van der Waals surface area contributed by atoms with Gasteiger partial charge in [0.05, 0.1) is 19.3 Å². The van der Waals surface area contributed by atoms with Crippen molar-refractivity contribution >= 4 is 28.6 Å². The first-order valence-corrected chi connectivity index (χ1v) is 6.97. The first-order valence-electron chi connectivity index (χ1n) is 6.97. The summed E-state index contributed by atoms with van der Waals surface area (Å²) in [4.78, 5) is 26.6. The second-order valence-electron chi connectivity index (χ2n) is 4.53.